The molecule has 6 heteroatoms. The molecule has 112 valence electrons. The average molecular weight is 280 g/mol. The van der Waals surface area contributed by atoms with E-state index < -0.39 is 0 Å². The van der Waals surface area contributed by atoms with Gasteiger partial charge in [-0.3, -0.25) is 4.79 Å². The van der Waals surface area contributed by atoms with Gasteiger partial charge in [-0.15, -0.1) is 10.2 Å². The van der Waals surface area contributed by atoms with Crippen molar-refractivity contribution in [2.45, 2.75) is 26.2 Å². The highest BCUT2D eigenvalue weighted by molar-refractivity contribution is 5.91. The van der Waals surface area contributed by atoms with Crippen molar-refractivity contribution in [2.24, 2.45) is 0 Å². The Morgan fingerprint density at radius 3 is 2.60 bits per heavy atom. The normalized spacial score (nSPS) is 10.3. The van der Waals surface area contributed by atoms with E-state index in [-0.39, 0.29) is 5.91 Å². The smallest absolute Gasteiger partial charge is 0.273 e. The number of carbonyl (C=O) groups excluding carboxylic acids is 1. The molecule has 0 spiro atoms. The lowest BCUT2D eigenvalue weighted by atomic mass is 10.3. The zero-order valence-corrected chi connectivity index (χ0v) is 12.6. The number of nitrogens with one attached hydrogen (secondary N) is 1. The van der Waals surface area contributed by atoms with Crippen molar-refractivity contribution in [1.29, 1.82) is 0 Å². The molecule has 1 amide bonds. The Morgan fingerprint density at radius 2 is 2.00 bits per heavy atom. The zero-order valence-electron chi connectivity index (χ0n) is 12.6. The van der Waals surface area contributed by atoms with Gasteiger partial charge in [-0.25, -0.2) is 0 Å². The standard InChI is InChI=1S/C14H24N4O2/c1-4-5-10-20-11-6-9-15-13-8-7-12(16-17-13)14(19)18(2)3/h7-8H,4-6,9-11H2,1-3H3,(H,15,17). The molecule has 1 aromatic rings. The lowest BCUT2D eigenvalue weighted by molar-refractivity contribution is 0.0821. The first kappa shape index (κ1) is 16.4. The third-order valence-corrected chi connectivity index (χ3v) is 2.70. The van der Waals surface area contributed by atoms with Crippen molar-refractivity contribution in [3.63, 3.8) is 0 Å². The van der Waals surface area contributed by atoms with E-state index in [1.54, 1.807) is 26.2 Å². The van der Waals surface area contributed by atoms with Crippen LogP contribution >= 0.6 is 0 Å². The number of amides is 1. The molecule has 0 saturated carbocycles. The fourth-order valence-electron chi connectivity index (χ4n) is 1.51. The molecule has 0 aliphatic carbocycles. The van der Waals surface area contributed by atoms with Gasteiger partial charge in [-0.1, -0.05) is 13.3 Å². The summed E-state index contributed by atoms with van der Waals surface area (Å²) in [4.78, 5) is 13.1. The van der Waals surface area contributed by atoms with E-state index in [9.17, 15) is 4.79 Å². The van der Waals surface area contributed by atoms with E-state index in [0.717, 1.165) is 39.0 Å². The lowest BCUT2D eigenvalue weighted by Gasteiger charge is -2.09. The first-order chi connectivity index (χ1) is 9.65. The Labute approximate surface area is 120 Å². The van der Waals surface area contributed by atoms with Crippen LogP contribution in [0.3, 0.4) is 0 Å². The third-order valence-electron chi connectivity index (χ3n) is 2.70. The summed E-state index contributed by atoms with van der Waals surface area (Å²) in [6.45, 7) is 4.51. The van der Waals surface area contributed by atoms with Gasteiger partial charge in [0.05, 0.1) is 0 Å². The Kier molecular flexibility index (Phi) is 7.57. The van der Waals surface area contributed by atoms with Crippen LogP contribution in [0.25, 0.3) is 0 Å². The minimum atomic E-state index is -0.145. The van der Waals surface area contributed by atoms with Crippen LogP contribution in [-0.4, -0.2) is 54.9 Å². The molecule has 0 atom stereocenters. The largest absolute Gasteiger partial charge is 0.381 e. The third kappa shape index (κ3) is 5.97. The van der Waals surface area contributed by atoms with Gasteiger partial charge in [0.15, 0.2) is 5.69 Å². The van der Waals surface area contributed by atoms with Crippen molar-refractivity contribution in [3.05, 3.63) is 17.8 Å². The number of anilines is 1. The number of rotatable bonds is 9. The molecule has 1 rings (SSSR count). The van der Waals surface area contributed by atoms with Gasteiger partial charge in [-0.05, 0) is 25.0 Å². The highest BCUT2D eigenvalue weighted by Gasteiger charge is 2.09. The van der Waals surface area contributed by atoms with E-state index in [4.69, 9.17) is 4.74 Å². The van der Waals surface area contributed by atoms with Crippen LogP contribution in [0.1, 0.15) is 36.7 Å². The highest BCUT2D eigenvalue weighted by Crippen LogP contribution is 2.03. The highest BCUT2D eigenvalue weighted by atomic mass is 16.5. The molecular formula is C14H24N4O2. The SMILES string of the molecule is CCCCOCCCNc1ccc(C(=O)N(C)C)nn1. The molecule has 20 heavy (non-hydrogen) atoms. The summed E-state index contributed by atoms with van der Waals surface area (Å²) in [6.07, 6.45) is 3.19. The Balaban J connectivity index is 2.23. The van der Waals surface area contributed by atoms with Crippen LogP contribution in [0.2, 0.25) is 0 Å². The number of hydrogen-bond acceptors (Lipinski definition) is 5. The maximum atomic E-state index is 11.6. The summed E-state index contributed by atoms with van der Waals surface area (Å²) >= 11 is 0. The minimum absolute atomic E-state index is 0.145. The second-order valence-corrected chi connectivity index (χ2v) is 4.75. The molecule has 1 aromatic heterocycles. The van der Waals surface area contributed by atoms with Crippen molar-refractivity contribution >= 4 is 11.7 Å². The second kappa shape index (κ2) is 9.25. The molecule has 1 N–H and O–H groups in total. The summed E-state index contributed by atoms with van der Waals surface area (Å²) in [6, 6.07) is 3.44. The van der Waals surface area contributed by atoms with Crippen molar-refractivity contribution < 1.29 is 9.53 Å². The first-order valence-corrected chi connectivity index (χ1v) is 7.02. The maximum absolute atomic E-state index is 11.6. The Morgan fingerprint density at radius 1 is 1.25 bits per heavy atom. The van der Waals surface area contributed by atoms with Crippen molar-refractivity contribution in [3.8, 4) is 0 Å². The van der Waals surface area contributed by atoms with Gasteiger partial charge in [0.25, 0.3) is 5.91 Å². The average Bonchev–Trinajstić information content (AvgIpc) is 2.46. The van der Waals surface area contributed by atoms with E-state index in [1.165, 1.54) is 4.90 Å². The van der Waals surface area contributed by atoms with Crippen LogP contribution in [-0.2, 0) is 4.74 Å². The maximum Gasteiger partial charge on any atom is 0.273 e. The molecule has 0 unspecified atom stereocenters. The summed E-state index contributed by atoms with van der Waals surface area (Å²) in [5.74, 6) is 0.530. The predicted octanol–water partition coefficient (Wildman–Crippen LogP) is 1.80. The van der Waals surface area contributed by atoms with E-state index >= 15 is 0 Å². The fourth-order valence-corrected chi connectivity index (χ4v) is 1.51. The second-order valence-electron chi connectivity index (χ2n) is 4.75. The molecule has 0 saturated heterocycles. The number of ether oxygens (including phenoxy) is 1. The first-order valence-electron chi connectivity index (χ1n) is 7.02. The van der Waals surface area contributed by atoms with E-state index in [2.05, 4.69) is 22.4 Å². The molecule has 0 aromatic carbocycles. The van der Waals surface area contributed by atoms with Crippen LogP contribution in [0.5, 0.6) is 0 Å². The van der Waals surface area contributed by atoms with Crippen LogP contribution in [0, 0.1) is 0 Å². The molecule has 6 nitrogen and oxygen atoms in total. The molecule has 0 bridgehead atoms. The molecule has 1 heterocycles. The molecule has 0 aliphatic rings. The number of aromatic nitrogens is 2. The monoisotopic (exact) mass is 280 g/mol. The molecule has 0 fully saturated rings. The summed E-state index contributed by atoms with van der Waals surface area (Å²) in [5, 5.41) is 11.0. The van der Waals surface area contributed by atoms with Gasteiger partial charge < -0.3 is 15.0 Å². The Hall–Kier alpha value is -1.69. The summed E-state index contributed by atoms with van der Waals surface area (Å²) in [7, 11) is 3.38. The number of hydrogen-bond donors (Lipinski definition) is 1. The van der Waals surface area contributed by atoms with Gasteiger partial charge in [0.2, 0.25) is 0 Å². The van der Waals surface area contributed by atoms with Crippen molar-refractivity contribution in [1.82, 2.24) is 15.1 Å². The number of unbranched alkanes of at least 4 members (excludes halogenated alkanes) is 1. The van der Waals surface area contributed by atoms with Crippen molar-refractivity contribution in [2.75, 3.05) is 39.2 Å². The predicted molar refractivity (Wildman–Crippen MR) is 78.9 cm³/mol. The molecule has 0 aliphatic heterocycles. The van der Waals surface area contributed by atoms with Gasteiger partial charge in [-0.2, -0.15) is 0 Å². The van der Waals surface area contributed by atoms with Gasteiger partial charge >= 0.3 is 0 Å². The quantitative estimate of drug-likeness (QED) is 0.699. The number of carbonyl (C=O) groups is 1. The lowest BCUT2D eigenvalue weighted by Crippen LogP contribution is -2.23. The zero-order chi connectivity index (χ0) is 14.8. The van der Waals surface area contributed by atoms with Gasteiger partial charge in [0, 0.05) is 33.9 Å². The van der Waals surface area contributed by atoms with E-state index in [0.29, 0.717) is 11.5 Å². The van der Waals surface area contributed by atoms with Gasteiger partial charge in [0.1, 0.15) is 5.82 Å². The Bertz CT molecular complexity index is 393. The summed E-state index contributed by atoms with van der Waals surface area (Å²) < 4.78 is 5.46. The van der Waals surface area contributed by atoms with Crippen LogP contribution in [0.4, 0.5) is 5.82 Å². The molecular weight excluding hydrogens is 256 g/mol. The van der Waals surface area contributed by atoms with Crippen LogP contribution < -0.4 is 5.32 Å². The molecule has 0 radical (unpaired) electrons. The minimum Gasteiger partial charge on any atom is -0.381 e. The fraction of sp³-hybridized carbons (Fsp3) is 0.643. The van der Waals surface area contributed by atoms with Crippen LogP contribution in [0.15, 0.2) is 12.1 Å². The topological polar surface area (TPSA) is 67.3 Å². The summed E-state index contributed by atoms with van der Waals surface area (Å²) in [5.41, 5.74) is 0.350. The van der Waals surface area contributed by atoms with E-state index in [1.807, 2.05) is 0 Å². The number of nitrogens with zero attached hydrogens (tertiary/aromatic N) is 3.